The zero-order chi connectivity index (χ0) is 20.3. The average molecular weight is 408 g/mol. The fraction of sp³-hybridized carbons (Fsp3) is 0.320. The van der Waals surface area contributed by atoms with Gasteiger partial charge in [-0.3, -0.25) is 4.79 Å². The summed E-state index contributed by atoms with van der Waals surface area (Å²) >= 11 is 6.08. The number of ether oxygens (including phenoxy) is 1. The van der Waals surface area contributed by atoms with E-state index in [1.807, 2.05) is 60.7 Å². The molecule has 29 heavy (non-hydrogen) atoms. The summed E-state index contributed by atoms with van der Waals surface area (Å²) in [6.45, 7) is 2.77. The number of rotatable bonds is 6. The van der Waals surface area contributed by atoms with Gasteiger partial charge in [-0.2, -0.15) is 0 Å². The van der Waals surface area contributed by atoms with Gasteiger partial charge < -0.3 is 10.1 Å². The molecule has 0 heterocycles. The van der Waals surface area contributed by atoms with E-state index < -0.39 is 5.41 Å². The van der Waals surface area contributed by atoms with E-state index in [1.165, 1.54) is 0 Å². The Hall–Kier alpha value is -2.52. The first-order valence-corrected chi connectivity index (χ1v) is 10.7. The number of hydrogen-bond acceptors (Lipinski definition) is 2. The number of benzene rings is 3. The first-order valence-electron chi connectivity index (χ1n) is 10.4. The molecule has 1 fully saturated rings. The van der Waals surface area contributed by atoms with Gasteiger partial charge in [0, 0.05) is 21.5 Å². The minimum atomic E-state index is -0.497. The number of carbonyl (C=O) groups excluding carboxylic acids is 1. The van der Waals surface area contributed by atoms with Gasteiger partial charge in [-0.1, -0.05) is 67.8 Å². The first kappa shape index (κ1) is 19.8. The van der Waals surface area contributed by atoms with Crippen LogP contribution in [0.2, 0.25) is 5.02 Å². The molecule has 0 bridgehead atoms. The molecule has 4 rings (SSSR count). The Kier molecular flexibility index (Phi) is 5.77. The lowest BCUT2D eigenvalue weighted by molar-refractivity contribution is -0.121. The van der Waals surface area contributed by atoms with Crippen molar-refractivity contribution < 1.29 is 9.53 Å². The Morgan fingerprint density at radius 3 is 2.38 bits per heavy atom. The average Bonchev–Trinajstić information content (AvgIpc) is 3.25. The summed E-state index contributed by atoms with van der Waals surface area (Å²) in [6.07, 6.45) is 4.78. The molecule has 0 unspecified atom stereocenters. The molecule has 1 saturated carbocycles. The second kappa shape index (κ2) is 8.46. The summed E-state index contributed by atoms with van der Waals surface area (Å²) in [7, 11) is 0. The summed E-state index contributed by atoms with van der Waals surface area (Å²) in [5, 5.41) is 5.95. The van der Waals surface area contributed by atoms with Crippen LogP contribution in [0.25, 0.3) is 10.8 Å². The van der Waals surface area contributed by atoms with Gasteiger partial charge in [0.15, 0.2) is 0 Å². The van der Waals surface area contributed by atoms with Gasteiger partial charge in [0.2, 0.25) is 5.91 Å². The van der Waals surface area contributed by atoms with Crippen molar-refractivity contribution in [1.82, 2.24) is 0 Å². The van der Waals surface area contributed by atoms with Crippen molar-refractivity contribution in [2.45, 2.75) is 44.4 Å². The van der Waals surface area contributed by atoms with E-state index in [1.54, 1.807) is 0 Å². The number of amides is 1. The molecule has 3 nitrogen and oxygen atoms in total. The second-order valence-electron chi connectivity index (χ2n) is 7.76. The van der Waals surface area contributed by atoms with Crippen LogP contribution in [0.15, 0.2) is 60.7 Å². The maximum absolute atomic E-state index is 13.5. The van der Waals surface area contributed by atoms with Crippen molar-refractivity contribution in [3.05, 3.63) is 71.2 Å². The Morgan fingerprint density at radius 1 is 1.00 bits per heavy atom. The van der Waals surface area contributed by atoms with E-state index in [-0.39, 0.29) is 5.91 Å². The molecule has 4 heteroatoms. The van der Waals surface area contributed by atoms with Crippen molar-refractivity contribution >= 4 is 34.0 Å². The normalized spacial score (nSPS) is 15.4. The molecule has 0 radical (unpaired) electrons. The van der Waals surface area contributed by atoms with Crippen LogP contribution in [-0.2, 0) is 10.2 Å². The van der Waals surface area contributed by atoms with Crippen LogP contribution < -0.4 is 10.1 Å². The highest BCUT2D eigenvalue weighted by Crippen LogP contribution is 2.43. The maximum Gasteiger partial charge on any atom is 0.235 e. The zero-order valence-electron chi connectivity index (χ0n) is 16.7. The predicted octanol–water partition coefficient (Wildman–Crippen LogP) is 6.73. The highest BCUT2D eigenvalue weighted by Gasteiger charge is 2.42. The molecule has 0 aromatic heterocycles. The maximum atomic E-state index is 13.5. The lowest BCUT2D eigenvalue weighted by Crippen LogP contribution is -2.38. The third-order valence-corrected chi connectivity index (χ3v) is 6.13. The fourth-order valence-corrected chi connectivity index (χ4v) is 4.48. The summed E-state index contributed by atoms with van der Waals surface area (Å²) in [4.78, 5) is 13.5. The minimum absolute atomic E-state index is 0.0599. The topological polar surface area (TPSA) is 38.3 Å². The van der Waals surface area contributed by atoms with Crippen LogP contribution in [0, 0.1) is 0 Å². The van der Waals surface area contributed by atoms with Crippen LogP contribution in [0.4, 0.5) is 5.69 Å². The van der Waals surface area contributed by atoms with Crippen LogP contribution in [0.1, 0.15) is 44.6 Å². The third-order valence-electron chi connectivity index (χ3n) is 5.88. The van der Waals surface area contributed by atoms with Gasteiger partial charge >= 0.3 is 0 Å². The molecule has 150 valence electrons. The number of fused-ring (bicyclic) bond motifs is 1. The lowest BCUT2D eigenvalue weighted by atomic mass is 9.78. The molecule has 1 aliphatic rings. The smallest absolute Gasteiger partial charge is 0.235 e. The standard InChI is InChI=1S/C25H26ClNO2/c1-2-17-29-23-14-13-22(20-7-3-4-8-21(20)23)27-24(28)25(15-5-6-16-25)18-9-11-19(26)12-10-18/h3-4,7-14H,2,5-6,15-17H2,1H3,(H,27,28). The van der Waals surface area contributed by atoms with Gasteiger partial charge in [-0.05, 0) is 49.1 Å². The number of nitrogens with one attached hydrogen (secondary N) is 1. The number of halogens is 1. The van der Waals surface area contributed by atoms with Gasteiger partial charge in [0.05, 0.1) is 12.0 Å². The van der Waals surface area contributed by atoms with E-state index >= 15 is 0 Å². The third kappa shape index (κ3) is 3.84. The molecular formula is C25H26ClNO2. The van der Waals surface area contributed by atoms with Crippen molar-refractivity contribution in [2.75, 3.05) is 11.9 Å². The minimum Gasteiger partial charge on any atom is -0.493 e. The summed E-state index contributed by atoms with van der Waals surface area (Å²) in [5.41, 5.74) is 1.38. The van der Waals surface area contributed by atoms with Gasteiger partial charge in [0.1, 0.15) is 5.75 Å². The summed E-state index contributed by atoms with van der Waals surface area (Å²) in [6, 6.07) is 19.7. The van der Waals surface area contributed by atoms with Gasteiger partial charge in [-0.25, -0.2) is 0 Å². The molecule has 0 aliphatic heterocycles. The Morgan fingerprint density at radius 2 is 1.69 bits per heavy atom. The van der Waals surface area contributed by atoms with Gasteiger partial charge in [0.25, 0.3) is 0 Å². The summed E-state index contributed by atoms with van der Waals surface area (Å²) < 4.78 is 5.90. The molecule has 0 atom stereocenters. The number of carbonyl (C=O) groups is 1. The van der Waals surface area contributed by atoms with Crippen LogP contribution >= 0.6 is 11.6 Å². The van der Waals surface area contributed by atoms with Crippen molar-refractivity contribution in [3.8, 4) is 5.75 Å². The van der Waals surface area contributed by atoms with Crippen LogP contribution in [0.5, 0.6) is 5.75 Å². The van der Waals surface area contributed by atoms with E-state index in [4.69, 9.17) is 16.3 Å². The van der Waals surface area contributed by atoms with Crippen molar-refractivity contribution in [2.24, 2.45) is 0 Å². The van der Waals surface area contributed by atoms with Crippen molar-refractivity contribution in [3.63, 3.8) is 0 Å². The van der Waals surface area contributed by atoms with Crippen LogP contribution in [-0.4, -0.2) is 12.5 Å². The first-order chi connectivity index (χ1) is 14.1. The molecule has 1 N–H and O–H groups in total. The molecule has 3 aromatic carbocycles. The molecule has 0 saturated heterocycles. The quantitative estimate of drug-likeness (QED) is 0.491. The Labute approximate surface area is 177 Å². The van der Waals surface area contributed by atoms with E-state index in [0.29, 0.717) is 11.6 Å². The van der Waals surface area contributed by atoms with E-state index in [0.717, 1.165) is 59.9 Å². The molecule has 1 aliphatic carbocycles. The SMILES string of the molecule is CCCOc1ccc(NC(=O)C2(c3ccc(Cl)cc3)CCCC2)c2ccccc12. The highest BCUT2D eigenvalue weighted by atomic mass is 35.5. The van der Waals surface area contributed by atoms with Gasteiger partial charge in [-0.15, -0.1) is 0 Å². The summed E-state index contributed by atoms with van der Waals surface area (Å²) in [5.74, 6) is 0.915. The fourth-order valence-electron chi connectivity index (χ4n) is 4.35. The second-order valence-corrected chi connectivity index (χ2v) is 8.19. The molecular weight excluding hydrogens is 382 g/mol. The Balaban J connectivity index is 1.68. The van der Waals surface area contributed by atoms with E-state index in [9.17, 15) is 4.79 Å². The molecule has 3 aromatic rings. The molecule has 1 amide bonds. The van der Waals surface area contributed by atoms with Crippen molar-refractivity contribution in [1.29, 1.82) is 0 Å². The van der Waals surface area contributed by atoms with E-state index in [2.05, 4.69) is 12.2 Å². The zero-order valence-corrected chi connectivity index (χ0v) is 17.5. The highest BCUT2D eigenvalue weighted by molar-refractivity contribution is 6.30. The molecule has 0 spiro atoms. The number of anilines is 1. The lowest BCUT2D eigenvalue weighted by Gasteiger charge is -2.29. The predicted molar refractivity (Wildman–Crippen MR) is 120 cm³/mol. The Bertz CT molecular complexity index is 1010. The number of hydrogen-bond donors (Lipinski definition) is 1. The van der Waals surface area contributed by atoms with Crippen LogP contribution in [0.3, 0.4) is 0 Å². The largest absolute Gasteiger partial charge is 0.493 e. The monoisotopic (exact) mass is 407 g/mol.